The standard InChI is InChI=1S/C10H8N6O/c11-4-8-10(12)13-5-7(15-8)6-16-9(17)2-1-3-14-16/h1-3,5H,6H2,(H2,12,13). The fourth-order valence-corrected chi connectivity index (χ4v) is 1.25. The van der Waals surface area contributed by atoms with Crippen molar-refractivity contribution in [2.75, 3.05) is 5.73 Å². The predicted octanol–water partition coefficient (Wildman–Crippen LogP) is -0.465. The average molecular weight is 228 g/mol. The molecule has 0 saturated carbocycles. The van der Waals surface area contributed by atoms with Crippen LogP contribution in [0.15, 0.2) is 29.3 Å². The second kappa shape index (κ2) is 4.40. The molecule has 0 aliphatic carbocycles. The van der Waals surface area contributed by atoms with Gasteiger partial charge in [0.1, 0.15) is 6.07 Å². The normalized spacial score (nSPS) is 9.82. The Labute approximate surface area is 96.2 Å². The lowest BCUT2D eigenvalue weighted by Gasteiger charge is -2.03. The van der Waals surface area contributed by atoms with Gasteiger partial charge in [-0.1, -0.05) is 0 Å². The SMILES string of the molecule is N#Cc1nc(Cn2ncccc2=O)cnc1N. The topological polar surface area (TPSA) is 110 Å². The molecule has 0 fully saturated rings. The van der Waals surface area contributed by atoms with Crippen LogP contribution in [0.1, 0.15) is 11.4 Å². The third-order valence-electron chi connectivity index (χ3n) is 2.05. The highest BCUT2D eigenvalue weighted by molar-refractivity contribution is 5.42. The minimum absolute atomic E-state index is 0.0477. The Bertz CT molecular complexity index is 642. The number of nitrogens with zero attached hydrogens (tertiary/aromatic N) is 5. The molecule has 0 bridgehead atoms. The van der Waals surface area contributed by atoms with Gasteiger partial charge in [-0.3, -0.25) is 4.79 Å². The number of anilines is 1. The van der Waals surface area contributed by atoms with E-state index in [2.05, 4.69) is 15.1 Å². The fourth-order valence-electron chi connectivity index (χ4n) is 1.25. The quantitative estimate of drug-likeness (QED) is 0.744. The van der Waals surface area contributed by atoms with Crippen LogP contribution in [-0.2, 0) is 6.54 Å². The Morgan fingerprint density at radius 3 is 3.06 bits per heavy atom. The molecule has 17 heavy (non-hydrogen) atoms. The number of nitrogen functional groups attached to an aromatic ring is 1. The van der Waals surface area contributed by atoms with Crippen molar-refractivity contribution in [3.8, 4) is 6.07 Å². The van der Waals surface area contributed by atoms with Gasteiger partial charge in [-0.2, -0.15) is 10.4 Å². The molecule has 7 heteroatoms. The zero-order valence-electron chi connectivity index (χ0n) is 8.74. The first kappa shape index (κ1) is 10.8. The molecule has 7 nitrogen and oxygen atoms in total. The van der Waals surface area contributed by atoms with Crippen LogP contribution < -0.4 is 11.3 Å². The lowest BCUT2D eigenvalue weighted by molar-refractivity contribution is 0.625. The van der Waals surface area contributed by atoms with Crippen molar-refractivity contribution < 1.29 is 0 Å². The van der Waals surface area contributed by atoms with Crippen LogP contribution in [0, 0.1) is 11.3 Å². The van der Waals surface area contributed by atoms with Gasteiger partial charge in [0.2, 0.25) is 0 Å². The summed E-state index contributed by atoms with van der Waals surface area (Å²) < 4.78 is 1.22. The van der Waals surface area contributed by atoms with E-state index in [1.807, 2.05) is 6.07 Å². The minimum Gasteiger partial charge on any atom is -0.381 e. The summed E-state index contributed by atoms with van der Waals surface area (Å²) in [5.41, 5.74) is 5.70. The summed E-state index contributed by atoms with van der Waals surface area (Å²) in [6.07, 6.45) is 2.91. The number of nitrogens with two attached hydrogens (primary N) is 1. The average Bonchev–Trinajstić information content (AvgIpc) is 2.34. The molecule has 2 aromatic rings. The van der Waals surface area contributed by atoms with E-state index in [-0.39, 0.29) is 23.6 Å². The van der Waals surface area contributed by atoms with Crippen LogP contribution in [0.3, 0.4) is 0 Å². The van der Waals surface area contributed by atoms with Crippen LogP contribution in [0.5, 0.6) is 0 Å². The van der Waals surface area contributed by atoms with Gasteiger partial charge in [0.05, 0.1) is 18.4 Å². The molecule has 0 aliphatic heterocycles. The van der Waals surface area contributed by atoms with Gasteiger partial charge < -0.3 is 5.73 Å². The highest BCUT2D eigenvalue weighted by Gasteiger charge is 2.05. The second-order valence-electron chi connectivity index (χ2n) is 3.23. The third kappa shape index (κ3) is 2.26. The van der Waals surface area contributed by atoms with Crippen molar-refractivity contribution in [3.63, 3.8) is 0 Å². The van der Waals surface area contributed by atoms with Crippen molar-refractivity contribution >= 4 is 5.82 Å². The molecule has 0 unspecified atom stereocenters. The van der Waals surface area contributed by atoms with Crippen molar-refractivity contribution in [2.24, 2.45) is 0 Å². The zero-order chi connectivity index (χ0) is 12.3. The van der Waals surface area contributed by atoms with Crippen LogP contribution in [-0.4, -0.2) is 19.7 Å². The smallest absolute Gasteiger partial charge is 0.267 e. The minimum atomic E-state index is -0.246. The Hall–Kier alpha value is -2.75. The van der Waals surface area contributed by atoms with Gasteiger partial charge in [-0.05, 0) is 6.07 Å². The summed E-state index contributed by atoms with van der Waals surface area (Å²) in [5, 5.41) is 12.6. The van der Waals surface area contributed by atoms with Gasteiger partial charge in [-0.15, -0.1) is 0 Å². The lowest BCUT2D eigenvalue weighted by Crippen LogP contribution is -2.22. The Morgan fingerprint density at radius 1 is 1.53 bits per heavy atom. The molecular weight excluding hydrogens is 220 g/mol. The molecule has 0 saturated heterocycles. The highest BCUT2D eigenvalue weighted by Crippen LogP contribution is 2.04. The Balaban J connectivity index is 2.35. The molecule has 2 N–H and O–H groups in total. The van der Waals surface area contributed by atoms with Crippen LogP contribution >= 0.6 is 0 Å². The largest absolute Gasteiger partial charge is 0.381 e. The summed E-state index contributed by atoms with van der Waals surface area (Å²) in [7, 11) is 0. The molecular formula is C10H8N6O. The van der Waals surface area contributed by atoms with E-state index in [0.717, 1.165) is 0 Å². The Kier molecular flexibility index (Phi) is 2.79. The molecule has 2 rings (SSSR count). The number of nitriles is 1. The summed E-state index contributed by atoms with van der Waals surface area (Å²) >= 11 is 0. The van der Waals surface area contributed by atoms with E-state index in [0.29, 0.717) is 5.69 Å². The van der Waals surface area contributed by atoms with Crippen LogP contribution in [0.2, 0.25) is 0 Å². The van der Waals surface area contributed by atoms with Crippen LogP contribution in [0.4, 0.5) is 5.82 Å². The zero-order valence-corrected chi connectivity index (χ0v) is 8.74. The third-order valence-corrected chi connectivity index (χ3v) is 2.05. The first-order chi connectivity index (χ1) is 8.20. The van der Waals surface area contributed by atoms with Crippen molar-refractivity contribution in [2.45, 2.75) is 6.54 Å². The van der Waals surface area contributed by atoms with Crippen LogP contribution in [0.25, 0.3) is 0 Å². The number of rotatable bonds is 2. The molecule has 2 aromatic heterocycles. The van der Waals surface area contributed by atoms with Gasteiger partial charge in [-0.25, -0.2) is 14.6 Å². The highest BCUT2D eigenvalue weighted by atomic mass is 16.1. The monoisotopic (exact) mass is 228 g/mol. The summed E-state index contributed by atoms with van der Waals surface area (Å²) in [6, 6.07) is 4.77. The molecule has 2 heterocycles. The van der Waals surface area contributed by atoms with Crippen molar-refractivity contribution in [3.05, 3.63) is 46.3 Å². The molecule has 84 valence electrons. The molecule has 0 aliphatic rings. The van der Waals surface area contributed by atoms with E-state index >= 15 is 0 Å². The van der Waals surface area contributed by atoms with Gasteiger partial charge in [0.25, 0.3) is 5.56 Å². The summed E-state index contributed by atoms with van der Waals surface area (Å²) in [4.78, 5) is 19.2. The summed E-state index contributed by atoms with van der Waals surface area (Å²) in [5.74, 6) is 0.0737. The Morgan fingerprint density at radius 2 is 2.35 bits per heavy atom. The van der Waals surface area contributed by atoms with Gasteiger partial charge in [0, 0.05) is 12.3 Å². The van der Waals surface area contributed by atoms with E-state index in [4.69, 9.17) is 11.0 Å². The van der Waals surface area contributed by atoms with E-state index < -0.39 is 0 Å². The van der Waals surface area contributed by atoms with Gasteiger partial charge >= 0.3 is 0 Å². The first-order valence-electron chi connectivity index (χ1n) is 4.74. The number of hydrogen-bond donors (Lipinski definition) is 1. The van der Waals surface area contributed by atoms with Gasteiger partial charge in [0.15, 0.2) is 11.5 Å². The maximum atomic E-state index is 11.4. The van der Waals surface area contributed by atoms with Crippen molar-refractivity contribution in [1.29, 1.82) is 5.26 Å². The fraction of sp³-hybridized carbons (Fsp3) is 0.100. The molecule has 0 aromatic carbocycles. The van der Waals surface area contributed by atoms with E-state index in [9.17, 15) is 4.79 Å². The second-order valence-corrected chi connectivity index (χ2v) is 3.23. The molecule has 0 radical (unpaired) electrons. The first-order valence-corrected chi connectivity index (χ1v) is 4.74. The van der Waals surface area contributed by atoms with Crippen molar-refractivity contribution in [1.82, 2.24) is 19.7 Å². The predicted molar refractivity (Wildman–Crippen MR) is 58.8 cm³/mol. The molecule has 0 atom stereocenters. The maximum Gasteiger partial charge on any atom is 0.267 e. The van der Waals surface area contributed by atoms with E-state index in [1.54, 1.807) is 6.07 Å². The molecule has 0 spiro atoms. The number of aromatic nitrogens is 4. The number of hydrogen-bond acceptors (Lipinski definition) is 6. The van der Waals surface area contributed by atoms with E-state index in [1.165, 1.54) is 23.1 Å². The summed E-state index contributed by atoms with van der Waals surface area (Å²) in [6.45, 7) is 0.154. The maximum absolute atomic E-state index is 11.4. The molecule has 0 amide bonds. The lowest BCUT2D eigenvalue weighted by atomic mass is 10.4.